The van der Waals surface area contributed by atoms with Crippen molar-refractivity contribution in [2.24, 2.45) is 5.92 Å². The van der Waals surface area contributed by atoms with E-state index >= 15 is 0 Å². The molecule has 0 unspecified atom stereocenters. The Labute approximate surface area is 156 Å². The average molecular weight is 397 g/mol. The van der Waals surface area contributed by atoms with Crippen molar-refractivity contribution in [3.63, 3.8) is 0 Å². The maximum absolute atomic E-state index is 13.3. The maximum Gasteiger partial charge on any atom is 0.252 e. The molecule has 2 aromatic rings. The topological polar surface area (TPSA) is 66.5 Å². The van der Waals surface area contributed by atoms with Crippen molar-refractivity contribution in [2.75, 3.05) is 13.1 Å². The molecule has 0 atom stereocenters. The second-order valence-corrected chi connectivity index (χ2v) is 9.52. The molecule has 8 heteroatoms. The summed E-state index contributed by atoms with van der Waals surface area (Å²) < 4.78 is 40.1. The third kappa shape index (κ3) is 4.13. The van der Waals surface area contributed by atoms with Gasteiger partial charge in [0.1, 0.15) is 10.0 Å². The van der Waals surface area contributed by atoms with Gasteiger partial charge < -0.3 is 5.32 Å². The minimum Gasteiger partial charge on any atom is -0.352 e. The monoisotopic (exact) mass is 396 g/mol. The van der Waals surface area contributed by atoms with E-state index in [2.05, 4.69) is 5.32 Å². The van der Waals surface area contributed by atoms with Crippen LogP contribution < -0.4 is 5.32 Å². The molecule has 140 valence electrons. The predicted octanol–water partition coefficient (Wildman–Crippen LogP) is 2.91. The lowest BCUT2D eigenvalue weighted by molar-refractivity contribution is -0.126. The van der Waals surface area contributed by atoms with E-state index in [1.54, 1.807) is 36.6 Å². The van der Waals surface area contributed by atoms with Gasteiger partial charge in [-0.25, -0.2) is 12.8 Å². The summed E-state index contributed by atoms with van der Waals surface area (Å²) in [7, 11) is -3.45. The molecule has 1 aromatic heterocycles. The highest BCUT2D eigenvalue weighted by Crippen LogP contribution is 2.26. The molecular weight excluding hydrogens is 375 g/mol. The summed E-state index contributed by atoms with van der Waals surface area (Å²) in [5.74, 6) is -0.550. The minimum atomic E-state index is -3.45. The molecule has 1 saturated heterocycles. The summed E-state index contributed by atoms with van der Waals surface area (Å²) in [6.07, 6.45) is 0.998. The highest BCUT2D eigenvalue weighted by molar-refractivity contribution is 7.91. The zero-order valence-corrected chi connectivity index (χ0v) is 16.1. The van der Waals surface area contributed by atoms with Gasteiger partial charge in [-0.2, -0.15) is 4.31 Å². The zero-order chi connectivity index (χ0) is 18.7. The first kappa shape index (κ1) is 19.0. The number of nitrogens with one attached hydrogen (secondary N) is 1. The Bertz CT molecular complexity index is 874. The second kappa shape index (κ2) is 7.85. The average Bonchev–Trinajstić information content (AvgIpc) is 3.18. The normalized spacial score (nSPS) is 16.5. The number of hydrogen-bond acceptors (Lipinski definition) is 4. The molecule has 1 aliphatic rings. The number of sulfonamides is 1. The number of thiophene rings is 1. The van der Waals surface area contributed by atoms with Gasteiger partial charge in [-0.1, -0.05) is 18.2 Å². The molecule has 3 rings (SSSR count). The number of amides is 1. The van der Waals surface area contributed by atoms with Crippen LogP contribution in [0.3, 0.4) is 0 Å². The molecule has 0 saturated carbocycles. The van der Waals surface area contributed by atoms with Crippen molar-refractivity contribution in [3.8, 4) is 0 Å². The predicted molar refractivity (Wildman–Crippen MR) is 98.8 cm³/mol. The van der Waals surface area contributed by atoms with Gasteiger partial charge in [-0.3, -0.25) is 4.79 Å². The van der Waals surface area contributed by atoms with E-state index in [0.29, 0.717) is 42.2 Å². The maximum atomic E-state index is 13.3. The van der Waals surface area contributed by atoms with Gasteiger partial charge in [-0.15, -0.1) is 11.3 Å². The minimum absolute atomic E-state index is 0.0832. The van der Waals surface area contributed by atoms with Crippen LogP contribution in [0.25, 0.3) is 0 Å². The molecule has 1 fully saturated rings. The molecule has 1 amide bonds. The summed E-state index contributed by atoms with van der Waals surface area (Å²) in [6.45, 7) is 2.71. The Morgan fingerprint density at radius 1 is 1.31 bits per heavy atom. The Hall–Kier alpha value is -1.77. The van der Waals surface area contributed by atoms with Crippen LogP contribution in [0.15, 0.2) is 39.9 Å². The van der Waals surface area contributed by atoms with Crippen LogP contribution in [-0.2, 0) is 21.4 Å². The van der Waals surface area contributed by atoms with Gasteiger partial charge in [0.25, 0.3) is 10.0 Å². The van der Waals surface area contributed by atoms with Gasteiger partial charge in [0, 0.05) is 25.6 Å². The van der Waals surface area contributed by atoms with E-state index in [4.69, 9.17) is 0 Å². The van der Waals surface area contributed by atoms with Gasteiger partial charge in [0.05, 0.1) is 0 Å². The Balaban J connectivity index is 1.53. The molecule has 0 spiro atoms. The Morgan fingerprint density at radius 2 is 2.04 bits per heavy atom. The number of aryl methyl sites for hydroxylation is 1. The Morgan fingerprint density at radius 3 is 2.65 bits per heavy atom. The van der Waals surface area contributed by atoms with Gasteiger partial charge in [0.15, 0.2) is 0 Å². The number of carbonyl (C=O) groups is 1. The summed E-state index contributed by atoms with van der Waals surface area (Å²) in [4.78, 5) is 12.4. The van der Waals surface area contributed by atoms with E-state index in [1.807, 2.05) is 0 Å². The first-order chi connectivity index (χ1) is 12.4. The van der Waals surface area contributed by atoms with Gasteiger partial charge in [-0.05, 0) is 48.4 Å². The lowest BCUT2D eigenvalue weighted by Crippen LogP contribution is -2.42. The zero-order valence-electron chi connectivity index (χ0n) is 14.4. The van der Waals surface area contributed by atoms with E-state index in [-0.39, 0.29) is 17.6 Å². The fourth-order valence-corrected chi connectivity index (χ4v) is 5.66. The highest BCUT2D eigenvalue weighted by atomic mass is 32.2. The lowest BCUT2D eigenvalue weighted by Gasteiger charge is -2.30. The van der Waals surface area contributed by atoms with Crippen molar-refractivity contribution < 1.29 is 17.6 Å². The van der Waals surface area contributed by atoms with Crippen molar-refractivity contribution in [1.82, 2.24) is 9.62 Å². The fraction of sp³-hybridized carbons (Fsp3) is 0.389. The van der Waals surface area contributed by atoms with Crippen molar-refractivity contribution in [2.45, 2.75) is 30.5 Å². The number of halogens is 1. The molecule has 0 radical (unpaired) electrons. The van der Waals surface area contributed by atoms with Gasteiger partial charge >= 0.3 is 0 Å². The largest absolute Gasteiger partial charge is 0.352 e. The standard InChI is InChI=1S/C18H21FN2O3S2/c1-13-11-14(4-5-16(13)19)12-20-18(22)15-6-8-21(9-7-15)26(23,24)17-3-2-10-25-17/h2-5,10-11,15H,6-9,12H2,1H3,(H,20,22). The van der Waals surface area contributed by atoms with Crippen LogP contribution in [0.4, 0.5) is 4.39 Å². The van der Waals surface area contributed by atoms with Crippen LogP contribution in [0, 0.1) is 18.7 Å². The molecule has 26 heavy (non-hydrogen) atoms. The third-order valence-electron chi connectivity index (χ3n) is 4.60. The number of nitrogens with zero attached hydrogens (tertiary/aromatic N) is 1. The smallest absolute Gasteiger partial charge is 0.252 e. The fourth-order valence-electron chi connectivity index (χ4n) is 3.05. The summed E-state index contributed by atoms with van der Waals surface area (Å²) >= 11 is 1.20. The van der Waals surface area contributed by atoms with E-state index in [0.717, 1.165) is 5.56 Å². The number of carbonyl (C=O) groups excluding carboxylic acids is 1. The van der Waals surface area contributed by atoms with Crippen LogP contribution in [0.1, 0.15) is 24.0 Å². The van der Waals surface area contributed by atoms with E-state index < -0.39 is 10.0 Å². The van der Waals surface area contributed by atoms with Gasteiger partial charge in [0.2, 0.25) is 5.91 Å². The summed E-state index contributed by atoms with van der Waals surface area (Å²) in [5.41, 5.74) is 1.39. The number of rotatable bonds is 5. The number of benzene rings is 1. The summed E-state index contributed by atoms with van der Waals surface area (Å²) in [5, 5.41) is 4.61. The first-order valence-corrected chi connectivity index (χ1v) is 10.8. The van der Waals surface area contributed by atoms with Crippen molar-refractivity contribution in [3.05, 3.63) is 52.7 Å². The molecule has 5 nitrogen and oxygen atoms in total. The highest BCUT2D eigenvalue weighted by Gasteiger charge is 2.32. The van der Waals surface area contributed by atoms with Crippen LogP contribution in [-0.4, -0.2) is 31.7 Å². The van der Waals surface area contributed by atoms with Crippen molar-refractivity contribution >= 4 is 27.3 Å². The quantitative estimate of drug-likeness (QED) is 0.845. The molecule has 0 aliphatic carbocycles. The number of hydrogen-bond donors (Lipinski definition) is 1. The molecule has 1 N–H and O–H groups in total. The molecule has 1 aliphatic heterocycles. The molecule has 2 heterocycles. The SMILES string of the molecule is Cc1cc(CNC(=O)C2CCN(S(=O)(=O)c3cccs3)CC2)ccc1F. The van der Waals surface area contributed by atoms with E-state index in [1.165, 1.54) is 21.7 Å². The first-order valence-electron chi connectivity index (χ1n) is 8.44. The van der Waals surface area contributed by atoms with Crippen LogP contribution in [0.2, 0.25) is 0 Å². The molecular formula is C18H21FN2O3S2. The van der Waals surface area contributed by atoms with Crippen LogP contribution in [0.5, 0.6) is 0 Å². The molecule has 0 bridgehead atoms. The second-order valence-electron chi connectivity index (χ2n) is 6.41. The summed E-state index contributed by atoms with van der Waals surface area (Å²) in [6, 6.07) is 8.08. The third-order valence-corrected chi connectivity index (χ3v) is 7.87. The number of piperidine rings is 1. The van der Waals surface area contributed by atoms with E-state index in [9.17, 15) is 17.6 Å². The Kier molecular flexibility index (Phi) is 5.74. The van der Waals surface area contributed by atoms with Crippen molar-refractivity contribution in [1.29, 1.82) is 0 Å². The lowest BCUT2D eigenvalue weighted by atomic mass is 9.97. The van der Waals surface area contributed by atoms with Crippen LogP contribution >= 0.6 is 11.3 Å². The molecule has 1 aromatic carbocycles.